The van der Waals surface area contributed by atoms with Crippen LogP contribution in [0.1, 0.15) is 19.9 Å². The van der Waals surface area contributed by atoms with Gasteiger partial charge in [0.2, 0.25) is 0 Å². The molecular weight excluding hydrogens is 603 g/mol. The monoisotopic (exact) mass is 624 g/mol. The molecule has 34 heavy (non-hydrogen) atoms. The van der Waals surface area contributed by atoms with Gasteiger partial charge in [-0.3, -0.25) is 0 Å². The molecular formula is C28H21N4OPt-. The molecule has 0 saturated heterocycles. The van der Waals surface area contributed by atoms with Crippen molar-refractivity contribution in [2.75, 3.05) is 0 Å². The molecule has 0 unspecified atom stereocenters. The summed E-state index contributed by atoms with van der Waals surface area (Å²) in [4.78, 5) is 12.8. The minimum atomic E-state index is 0. The van der Waals surface area contributed by atoms with E-state index in [2.05, 4.69) is 40.4 Å². The van der Waals surface area contributed by atoms with Gasteiger partial charge in [-0.25, -0.2) is 4.98 Å². The molecule has 0 saturated carbocycles. The Kier molecular flexibility index (Phi) is 6.63. The first-order valence-corrected chi connectivity index (χ1v) is 10.7. The van der Waals surface area contributed by atoms with Crippen LogP contribution in [0.4, 0.5) is 5.82 Å². The van der Waals surface area contributed by atoms with Gasteiger partial charge in [-0.05, 0) is 44.2 Å². The van der Waals surface area contributed by atoms with Crippen molar-refractivity contribution >= 4 is 16.9 Å². The molecule has 3 aromatic carbocycles. The van der Waals surface area contributed by atoms with Gasteiger partial charge in [0.25, 0.3) is 5.82 Å². The molecule has 0 fully saturated rings. The van der Waals surface area contributed by atoms with Crippen LogP contribution in [0.2, 0.25) is 0 Å². The Bertz CT molecular complexity index is 1530. The summed E-state index contributed by atoms with van der Waals surface area (Å²) in [6.45, 7) is 11.5. The zero-order chi connectivity index (χ0) is 22.9. The third-order valence-corrected chi connectivity index (χ3v) is 5.59. The number of pyridine rings is 1. The van der Waals surface area contributed by atoms with E-state index in [1.54, 1.807) is 12.1 Å². The van der Waals surface area contributed by atoms with Gasteiger partial charge in [0.15, 0.2) is 0 Å². The molecule has 0 aliphatic rings. The Morgan fingerprint density at radius 3 is 2.32 bits per heavy atom. The van der Waals surface area contributed by atoms with Crippen molar-refractivity contribution < 1.29 is 26.2 Å². The van der Waals surface area contributed by atoms with Gasteiger partial charge in [-0.2, -0.15) is 4.98 Å². The number of nitrogens with zero attached hydrogens (tertiary/aromatic N) is 4. The summed E-state index contributed by atoms with van der Waals surface area (Å²) in [5.74, 6) is 1.29. The molecule has 0 radical (unpaired) electrons. The number of hydrogen-bond acceptors (Lipinski definition) is 3. The van der Waals surface area contributed by atoms with E-state index >= 15 is 0 Å². The summed E-state index contributed by atoms with van der Waals surface area (Å²) in [5, 5.41) is 10.5. The molecule has 5 rings (SSSR count). The van der Waals surface area contributed by atoms with Crippen LogP contribution in [-0.2, 0) is 21.1 Å². The van der Waals surface area contributed by atoms with Crippen LogP contribution in [-0.4, -0.2) is 19.6 Å². The minimum Gasteiger partial charge on any atom is -0.507 e. The molecule has 0 amide bonds. The molecule has 5 aromatic rings. The van der Waals surface area contributed by atoms with E-state index in [0.29, 0.717) is 17.1 Å². The zero-order valence-electron chi connectivity index (χ0n) is 18.6. The molecule has 1 N–H and O–H groups in total. The number of para-hydroxylation sites is 2. The average molecular weight is 625 g/mol. The Morgan fingerprint density at radius 2 is 1.56 bits per heavy atom. The second-order valence-electron chi connectivity index (χ2n) is 8.06. The topological polar surface area (TPSA) is 55.3 Å². The fourth-order valence-electron chi connectivity index (χ4n) is 4.12. The number of benzene rings is 3. The Labute approximate surface area is 212 Å². The van der Waals surface area contributed by atoms with E-state index in [4.69, 9.17) is 11.6 Å². The van der Waals surface area contributed by atoms with Crippen LogP contribution < -0.4 is 0 Å². The third kappa shape index (κ3) is 4.13. The van der Waals surface area contributed by atoms with E-state index in [9.17, 15) is 5.11 Å². The number of fused-ring (bicyclic) bond motifs is 1. The molecule has 5 nitrogen and oxygen atoms in total. The van der Waals surface area contributed by atoms with Gasteiger partial charge >= 0.3 is 0 Å². The van der Waals surface area contributed by atoms with Crippen molar-refractivity contribution in [3.8, 4) is 39.5 Å². The smallest absolute Gasteiger partial charge is 0.262 e. The zero-order valence-corrected chi connectivity index (χ0v) is 20.9. The predicted octanol–water partition coefficient (Wildman–Crippen LogP) is 7.07. The number of aromatic hydroxyl groups is 1. The number of rotatable bonds is 4. The van der Waals surface area contributed by atoms with E-state index < -0.39 is 0 Å². The molecule has 0 aliphatic heterocycles. The summed E-state index contributed by atoms with van der Waals surface area (Å²) >= 11 is 0. The Morgan fingerprint density at radius 1 is 0.853 bits per heavy atom. The maximum atomic E-state index is 10.5. The first kappa shape index (κ1) is 23.4. The summed E-state index contributed by atoms with van der Waals surface area (Å²) in [6.07, 6.45) is 0. The Hall–Kier alpha value is -3.74. The van der Waals surface area contributed by atoms with Gasteiger partial charge in [0.05, 0.1) is 22.3 Å². The number of phenolic OH excluding ortho intramolecular Hbond substituents is 1. The van der Waals surface area contributed by atoms with Gasteiger partial charge in [-0.1, -0.05) is 48.0 Å². The van der Waals surface area contributed by atoms with Gasteiger partial charge in [0.1, 0.15) is 11.6 Å². The van der Waals surface area contributed by atoms with Crippen molar-refractivity contribution in [3.05, 3.63) is 96.3 Å². The first-order chi connectivity index (χ1) is 16.1. The fourth-order valence-corrected chi connectivity index (χ4v) is 4.12. The first-order valence-electron chi connectivity index (χ1n) is 10.7. The number of aromatic nitrogens is 3. The third-order valence-electron chi connectivity index (χ3n) is 5.59. The maximum Gasteiger partial charge on any atom is 0.262 e. The largest absolute Gasteiger partial charge is 0.507 e. The van der Waals surface area contributed by atoms with Crippen molar-refractivity contribution in [1.29, 1.82) is 0 Å². The maximum absolute atomic E-state index is 10.5. The normalized spacial score (nSPS) is 10.8. The molecule has 2 heterocycles. The Balaban J connectivity index is 0.00000274. The predicted molar refractivity (Wildman–Crippen MR) is 131 cm³/mol. The van der Waals surface area contributed by atoms with Crippen LogP contribution in [0.15, 0.2) is 78.9 Å². The summed E-state index contributed by atoms with van der Waals surface area (Å²) in [7, 11) is 0. The van der Waals surface area contributed by atoms with Crippen molar-refractivity contribution in [2.45, 2.75) is 19.9 Å². The standard InChI is InChI=1S/C28H21N4O.Pt/c1-18(2)32-24-14-7-12-21(27(24)31-28(32)22-11-4-5-15-25(22)33)19-9-6-10-20(17-19)23-13-8-16-26(29-3)30-23;/h4-16,18,33H,1-2H3;/q-1;. The van der Waals surface area contributed by atoms with Crippen LogP contribution in [0.3, 0.4) is 0 Å². The summed E-state index contributed by atoms with van der Waals surface area (Å²) in [5.41, 5.74) is 5.91. The average Bonchev–Trinajstić information content (AvgIpc) is 3.24. The fraction of sp³-hybridized carbons (Fsp3) is 0.107. The van der Waals surface area contributed by atoms with E-state index in [1.165, 1.54) is 0 Å². The number of phenols is 1. The molecule has 0 atom stereocenters. The molecule has 0 aliphatic carbocycles. The molecule has 2 aromatic heterocycles. The molecule has 0 bridgehead atoms. The number of imidazole rings is 1. The molecule has 0 spiro atoms. The van der Waals surface area contributed by atoms with E-state index in [0.717, 1.165) is 33.5 Å². The van der Waals surface area contributed by atoms with Crippen LogP contribution >= 0.6 is 0 Å². The SMILES string of the molecule is [C-]#[N+]c1cccc(-c2[c-]c(-c3cccc4c3nc(-c3ccccc3O)n4C(C)C)ccc2)n1.[Pt]. The van der Waals surface area contributed by atoms with Gasteiger partial charge in [0, 0.05) is 27.1 Å². The van der Waals surface area contributed by atoms with E-state index in [-0.39, 0.29) is 32.9 Å². The van der Waals surface area contributed by atoms with Gasteiger partial charge < -0.3 is 14.5 Å². The van der Waals surface area contributed by atoms with Crippen molar-refractivity contribution in [1.82, 2.24) is 14.5 Å². The quantitative estimate of drug-likeness (QED) is 0.218. The van der Waals surface area contributed by atoms with Crippen LogP contribution in [0, 0.1) is 12.6 Å². The van der Waals surface area contributed by atoms with Crippen LogP contribution in [0.5, 0.6) is 5.75 Å². The minimum absolute atomic E-state index is 0. The van der Waals surface area contributed by atoms with E-state index in [1.807, 2.05) is 60.7 Å². The van der Waals surface area contributed by atoms with Crippen molar-refractivity contribution in [3.63, 3.8) is 0 Å². The van der Waals surface area contributed by atoms with Crippen molar-refractivity contribution in [2.24, 2.45) is 0 Å². The second-order valence-corrected chi connectivity index (χ2v) is 8.06. The number of hydrogen-bond donors (Lipinski definition) is 1. The molecule has 6 heteroatoms. The van der Waals surface area contributed by atoms with Crippen LogP contribution in [0.25, 0.3) is 49.7 Å². The van der Waals surface area contributed by atoms with Gasteiger partial charge in [-0.15, -0.1) is 29.8 Å². The molecule has 170 valence electrons. The summed E-state index contributed by atoms with van der Waals surface area (Å²) < 4.78 is 2.15. The summed E-state index contributed by atoms with van der Waals surface area (Å²) in [6, 6.07) is 28.3. The second kappa shape index (κ2) is 9.63.